The second-order valence-electron chi connectivity index (χ2n) is 4.42. The molecule has 7 heteroatoms. The molecule has 0 bridgehead atoms. The highest BCUT2D eigenvalue weighted by atomic mass is 32.2. The first kappa shape index (κ1) is 13.7. The average molecular weight is 283 g/mol. The van der Waals surface area contributed by atoms with E-state index < -0.39 is 21.4 Å². The van der Waals surface area contributed by atoms with Crippen molar-refractivity contribution in [1.29, 1.82) is 0 Å². The Labute approximate surface area is 110 Å². The van der Waals surface area contributed by atoms with Gasteiger partial charge in [-0.25, -0.2) is 0 Å². The lowest BCUT2D eigenvalue weighted by atomic mass is 9.80. The Balaban J connectivity index is 2.44. The van der Waals surface area contributed by atoms with Crippen molar-refractivity contribution >= 4 is 28.0 Å². The first-order chi connectivity index (χ1) is 8.89. The number of fused-ring (bicyclic) bond motifs is 1. The Morgan fingerprint density at radius 2 is 2.05 bits per heavy atom. The van der Waals surface area contributed by atoms with Crippen LogP contribution in [0.4, 0.5) is 5.69 Å². The smallest absolute Gasteiger partial charge is 0.264 e. The highest BCUT2D eigenvalue weighted by molar-refractivity contribution is 7.85. The minimum Gasteiger partial charge on any atom is -0.325 e. The fourth-order valence-electron chi connectivity index (χ4n) is 2.13. The number of rotatable bonds is 5. The standard InChI is InChI=1S/C12H13NO5S/c1-19(16,17)18-8-12(6-7-14)9-4-2-3-5-10(9)13-11(12)15/h2-5,7H,6,8H2,1H3,(H,13,15). The van der Waals surface area contributed by atoms with E-state index in [1.807, 2.05) is 0 Å². The molecular weight excluding hydrogens is 270 g/mol. The van der Waals surface area contributed by atoms with E-state index in [9.17, 15) is 18.0 Å². The monoisotopic (exact) mass is 283 g/mol. The van der Waals surface area contributed by atoms with E-state index in [0.717, 1.165) is 6.26 Å². The molecule has 0 aromatic heterocycles. The Morgan fingerprint density at radius 3 is 2.68 bits per heavy atom. The molecular formula is C12H13NO5S. The predicted octanol–water partition coefficient (Wildman–Crippen LogP) is 0.442. The third kappa shape index (κ3) is 2.52. The van der Waals surface area contributed by atoms with Crippen LogP contribution in [0.3, 0.4) is 0 Å². The van der Waals surface area contributed by atoms with Crippen molar-refractivity contribution in [2.24, 2.45) is 0 Å². The quantitative estimate of drug-likeness (QED) is 0.625. The summed E-state index contributed by atoms with van der Waals surface area (Å²) in [6, 6.07) is 6.84. The van der Waals surface area contributed by atoms with Gasteiger partial charge in [-0.1, -0.05) is 18.2 Å². The fourth-order valence-corrected chi connectivity index (χ4v) is 2.54. The number of nitrogens with one attached hydrogen (secondary N) is 1. The maximum atomic E-state index is 12.1. The molecule has 1 aromatic rings. The molecule has 1 aliphatic heterocycles. The third-order valence-corrected chi connectivity index (χ3v) is 3.62. The van der Waals surface area contributed by atoms with E-state index in [1.54, 1.807) is 24.3 Å². The Morgan fingerprint density at radius 1 is 1.37 bits per heavy atom. The normalized spacial score (nSPS) is 21.8. The van der Waals surface area contributed by atoms with Gasteiger partial charge in [-0.05, 0) is 11.6 Å². The number of carbonyl (C=O) groups excluding carboxylic acids is 2. The van der Waals surface area contributed by atoms with Gasteiger partial charge >= 0.3 is 0 Å². The molecule has 1 aliphatic rings. The summed E-state index contributed by atoms with van der Waals surface area (Å²) in [6.45, 7) is -0.382. The van der Waals surface area contributed by atoms with Gasteiger partial charge in [-0.3, -0.25) is 8.98 Å². The van der Waals surface area contributed by atoms with Crippen molar-refractivity contribution in [3.05, 3.63) is 29.8 Å². The van der Waals surface area contributed by atoms with E-state index in [0.29, 0.717) is 17.5 Å². The van der Waals surface area contributed by atoms with Crippen molar-refractivity contribution < 1.29 is 22.2 Å². The molecule has 6 nitrogen and oxygen atoms in total. The summed E-state index contributed by atoms with van der Waals surface area (Å²) >= 11 is 0. The summed E-state index contributed by atoms with van der Waals surface area (Å²) in [5.74, 6) is -0.426. The number of amides is 1. The number of hydrogen-bond donors (Lipinski definition) is 1. The van der Waals surface area contributed by atoms with E-state index in [2.05, 4.69) is 5.32 Å². The highest BCUT2D eigenvalue weighted by Gasteiger charge is 2.47. The first-order valence-electron chi connectivity index (χ1n) is 5.58. The van der Waals surface area contributed by atoms with Gasteiger partial charge in [0.05, 0.1) is 12.9 Å². The van der Waals surface area contributed by atoms with Gasteiger partial charge < -0.3 is 10.1 Å². The first-order valence-corrected chi connectivity index (χ1v) is 7.40. The molecule has 1 aromatic carbocycles. The van der Waals surface area contributed by atoms with E-state index >= 15 is 0 Å². The Bertz CT molecular complexity index is 625. The summed E-state index contributed by atoms with van der Waals surface area (Å²) in [6.07, 6.45) is 1.36. The number of para-hydroxylation sites is 1. The molecule has 1 amide bonds. The summed E-state index contributed by atoms with van der Waals surface area (Å²) in [7, 11) is -3.69. The molecule has 0 radical (unpaired) electrons. The highest BCUT2D eigenvalue weighted by Crippen LogP contribution is 2.40. The van der Waals surface area contributed by atoms with Crippen LogP contribution in [0.25, 0.3) is 0 Å². The number of carbonyl (C=O) groups is 2. The number of benzene rings is 1. The van der Waals surface area contributed by atoms with Crippen LogP contribution in [-0.2, 0) is 29.3 Å². The largest absolute Gasteiger partial charge is 0.325 e. The zero-order valence-electron chi connectivity index (χ0n) is 10.3. The van der Waals surface area contributed by atoms with Crippen LogP contribution < -0.4 is 5.32 Å². The maximum Gasteiger partial charge on any atom is 0.264 e. The van der Waals surface area contributed by atoms with Crippen molar-refractivity contribution in [3.8, 4) is 0 Å². The summed E-state index contributed by atoms with van der Waals surface area (Å²) in [4.78, 5) is 23.0. The second-order valence-corrected chi connectivity index (χ2v) is 6.06. The van der Waals surface area contributed by atoms with Crippen LogP contribution >= 0.6 is 0 Å². The minimum atomic E-state index is -3.69. The van der Waals surface area contributed by atoms with Gasteiger partial charge in [0.1, 0.15) is 11.7 Å². The number of hydrogen-bond acceptors (Lipinski definition) is 5. The molecule has 0 saturated carbocycles. The lowest BCUT2D eigenvalue weighted by molar-refractivity contribution is -0.124. The third-order valence-electron chi connectivity index (χ3n) is 3.08. The van der Waals surface area contributed by atoms with Crippen LogP contribution in [0.5, 0.6) is 0 Å². The predicted molar refractivity (Wildman–Crippen MR) is 68.2 cm³/mol. The molecule has 0 saturated heterocycles. The van der Waals surface area contributed by atoms with Gasteiger partial charge in [0.15, 0.2) is 0 Å². The lowest BCUT2D eigenvalue weighted by Crippen LogP contribution is -2.40. The van der Waals surface area contributed by atoms with Gasteiger partial charge in [0.25, 0.3) is 10.1 Å². The van der Waals surface area contributed by atoms with Crippen LogP contribution in [0.2, 0.25) is 0 Å². The SMILES string of the molecule is CS(=O)(=O)OCC1(CC=O)C(=O)Nc2ccccc21. The van der Waals surface area contributed by atoms with Crippen LogP contribution in [0, 0.1) is 0 Å². The molecule has 1 atom stereocenters. The van der Waals surface area contributed by atoms with E-state index in [4.69, 9.17) is 4.18 Å². The average Bonchev–Trinajstić information content (AvgIpc) is 2.60. The van der Waals surface area contributed by atoms with Crippen LogP contribution in [0.1, 0.15) is 12.0 Å². The molecule has 0 aliphatic carbocycles. The number of aldehydes is 1. The van der Waals surface area contributed by atoms with Gasteiger partial charge in [0.2, 0.25) is 5.91 Å². The van der Waals surface area contributed by atoms with Crippen LogP contribution in [-0.4, -0.2) is 33.5 Å². The van der Waals surface area contributed by atoms with Crippen LogP contribution in [0.15, 0.2) is 24.3 Å². The number of anilines is 1. The molecule has 1 heterocycles. The molecule has 19 heavy (non-hydrogen) atoms. The second kappa shape index (κ2) is 4.75. The topological polar surface area (TPSA) is 89.5 Å². The summed E-state index contributed by atoms with van der Waals surface area (Å²) in [5.41, 5.74) is -0.122. The summed E-state index contributed by atoms with van der Waals surface area (Å²) < 4.78 is 27.0. The van der Waals surface area contributed by atoms with Gasteiger partial charge in [0, 0.05) is 12.1 Å². The molecule has 1 N–H and O–H groups in total. The minimum absolute atomic E-state index is 0.134. The molecule has 102 valence electrons. The molecule has 2 rings (SSSR count). The van der Waals surface area contributed by atoms with E-state index in [-0.39, 0.29) is 13.0 Å². The van der Waals surface area contributed by atoms with Crippen molar-refractivity contribution in [3.63, 3.8) is 0 Å². The van der Waals surface area contributed by atoms with Crippen molar-refractivity contribution in [2.45, 2.75) is 11.8 Å². The Kier molecular flexibility index (Phi) is 3.42. The van der Waals surface area contributed by atoms with Crippen molar-refractivity contribution in [2.75, 3.05) is 18.2 Å². The van der Waals surface area contributed by atoms with Crippen molar-refractivity contribution in [1.82, 2.24) is 0 Å². The summed E-state index contributed by atoms with van der Waals surface area (Å²) in [5, 5.41) is 2.64. The van der Waals surface area contributed by atoms with Gasteiger partial charge in [-0.2, -0.15) is 8.42 Å². The molecule has 0 spiro atoms. The Hall–Kier alpha value is -1.73. The molecule has 0 fully saturated rings. The van der Waals surface area contributed by atoms with E-state index in [1.165, 1.54) is 0 Å². The maximum absolute atomic E-state index is 12.1. The zero-order valence-corrected chi connectivity index (χ0v) is 11.1. The fraction of sp³-hybridized carbons (Fsp3) is 0.333. The zero-order chi connectivity index (χ0) is 14.1. The molecule has 1 unspecified atom stereocenters. The van der Waals surface area contributed by atoms with Gasteiger partial charge in [-0.15, -0.1) is 0 Å². The lowest BCUT2D eigenvalue weighted by Gasteiger charge is -2.24.